The van der Waals surface area contributed by atoms with Gasteiger partial charge >= 0.3 is 0 Å². The Labute approximate surface area is 314 Å². The Morgan fingerprint density at radius 3 is 2.51 bits per heavy atom. The Morgan fingerprint density at radius 1 is 1.09 bits per heavy atom. The number of aliphatic hydroxyl groups excluding tert-OH is 3. The lowest BCUT2D eigenvalue weighted by molar-refractivity contribution is -0.203. The number of ketones is 1. The van der Waals surface area contributed by atoms with Crippen LogP contribution in [0, 0.1) is 45.8 Å². The molecule has 1 amide bonds. The van der Waals surface area contributed by atoms with Crippen molar-refractivity contribution < 1.29 is 49.3 Å². The summed E-state index contributed by atoms with van der Waals surface area (Å²) in [5.74, 6) is -1.66. The van der Waals surface area contributed by atoms with Crippen molar-refractivity contribution in [1.29, 1.82) is 0 Å². The Kier molecular flexibility index (Phi) is 9.84. The number of hydrogen-bond acceptors (Lipinski definition) is 11. The Morgan fingerprint density at radius 2 is 1.83 bits per heavy atom. The molecule has 15 unspecified atom stereocenters. The highest BCUT2D eigenvalue weighted by Gasteiger charge is 2.71. The fraction of sp³-hybridized carbons (Fsp3) is 0.902. The van der Waals surface area contributed by atoms with Crippen molar-refractivity contribution in [2.45, 2.75) is 146 Å². The number of aliphatic hydroxyl groups is 5. The monoisotopic (exact) mass is 744 g/mol. The minimum atomic E-state index is -1.74. The van der Waals surface area contributed by atoms with E-state index in [0.29, 0.717) is 52.0 Å². The molecular weight excluding hydrogens is 680 g/mol. The van der Waals surface area contributed by atoms with Gasteiger partial charge in [0.2, 0.25) is 5.91 Å². The Balaban J connectivity index is 1.04. The first-order valence-corrected chi connectivity index (χ1v) is 20.7. The minimum Gasteiger partial charge on any atom is -0.396 e. The van der Waals surface area contributed by atoms with E-state index in [1.807, 2.05) is 6.92 Å². The van der Waals surface area contributed by atoms with Crippen LogP contribution in [-0.2, 0) is 23.8 Å². The van der Waals surface area contributed by atoms with Crippen LogP contribution in [0.1, 0.15) is 97.8 Å². The highest BCUT2D eigenvalue weighted by atomic mass is 16.5. The summed E-state index contributed by atoms with van der Waals surface area (Å²) in [7, 11) is 1.68. The predicted molar refractivity (Wildman–Crippen MR) is 193 cm³/mol. The SMILES string of the molecule is COCCCOC1CCC2(C)C(C1)C(=O)C=C1C2CCC2(C)C(C(C)(O)C(O)C3OC4C(O)NC(C(=O)N5CC5)C5(CCCC5)C4C3CO)CCC12O. The first kappa shape index (κ1) is 38.4. The largest absolute Gasteiger partial charge is 0.396 e. The van der Waals surface area contributed by atoms with Gasteiger partial charge in [-0.25, -0.2) is 0 Å². The first-order valence-electron chi connectivity index (χ1n) is 20.7. The van der Waals surface area contributed by atoms with Crippen molar-refractivity contribution in [3.8, 4) is 0 Å². The third-order valence-corrected chi connectivity index (χ3v) is 16.7. The number of carbonyl (C=O) groups is 2. The van der Waals surface area contributed by atoms with Gasteiger partial charge in [0, 0.05) is 68.6 Å². The maximum absolute atomic E-state index is 14.0. The number of fused-ring (bicyclic) bond motifs is 7. The number of rotatable bonds is 10. The van der Waals surface area contributed by atoms with Gasteiger partial charge < -0.3 is 44.6 Å². The molecule has 15 atom stereocenters. The summed E-state index contributed by atoms with van der Waals surface area (Å²) in [4.78, 5) is 29.4. The van der Waals surface area contributed by atoms with Gasteiger partial charge in [-0.15, -0.1) is 0 Å². The van der Waals surface area contributed by atoms with Crippen LogP contribution in [0.5, 0.6) is 0 Å². The number of allylic oxidation sites excluding steroid dienone is 1. The number of nitrogens with one attached hydrogen (secondary N) is 1. The zero-order chi connectivity index (χ0) is 37.7. The van der Waals surface area contributed by atoms with Crippen LogP contribution in [0.25, 0.3) is 0 Å². The second-order valence-corrected chi connectivity index (χ2v) is 19.1. The van der Waals surface area contributed by atoms with Crippen molar-refractivity contribution in [3.63, 3.8) is 0 Å². The number of ether oxygens (including phenoxy) is 3. The van der Waals surface area contributed by atoms with E-state index in [-0.39, 0.29) is 47.6 Å². The number of carbonyl (C=O) groups excluding carboxylic acids is 2. The quantitative estimate of drug-likeness (QED) is 0.143. The molecule has 1 spiro atoms. The van der Waals surface area contributed by atoms with E-state index in [2.05, 4.69) is 12.2 Å². The van der Waals surface area contributed by atoms with Crippen molar-refractivity contribution in [2.75, 3.05) is 40.0 Å². The summed E-state index contributed by atoms with van der Waals surface area (Å²) >= 11 is 0. The van der Waals surface area contributed by atoms with Crippen LogP contribution in [0.15, 0.2) is 11.6 Å². The third kappa shape index (κ3) is 5.62. The van der Waals surface area contributed by atoms with E-state index < -0.39 is 64.4 Å². The summed E-state index contributed by atoms with van der Waals surface area (Å²) in [6.07, 6.45) is 6.14. The van der Waals surface area contributed by atoms with Crippen LogP contribution in [0.4, 0.5) is 0 Å². The van der Waals surface area contributed by atoms with Crippen LogP contribution in [0.2, 0.25) is 0 Å². The molecule has 4 saturated carbocycles. The molecule has 3 heterocycles. The molecule has 0 radical (unpaired) electrons. The van der Waals surface area contributed by atoms with Gasteiger partial charge in [0.15, 0.2) is 5.78 Å². The van der Waals surface area contributed by atoms with Crippen LogP contribution in [0.3, 0.4) is 0 Å². The molecule has 12 nitrogen and oxygen atoms in total. The lowest BCUT2D eigenvalue weighted by Crippen LogP contribution is -2.67. The van der Waals surface area contributed by atoms with Gasteiger partial charge in [0.25, 0.3) is 0 Å². The molecule has 8 aliphatic rings. The van der Waals surface area contributed by atoms with Gasteiger partial charge in [-0.1, -0.05) is 26.7 Å². The van der Waals surface area contributed by atoms with Gasteiger partial charge in [-0.2, -0.15) is 0 Å². The first-order chi connectivity index (χ1) is 25.2. The average molecular weight is 745 g/mol. The Hall–Kier alpha value is -1.48. The van der Waals surface area contributed by atoms with E-state index >= 15 is 0 Å². The Bertz CT molecular complexity index is 1460. The molecule has 6 N–H and O–H groups in total. The third-order valence-electron chi connectivity index (χ3n) is 16.7. The molecule has 0 aromatic carbocycles. The maximum Gasteiger partial charge on any atom is 0.240 e. The topological polar surface area (TPSA) is 178 Å². The minimum absolute atomic E-state index is 0.0270. The summed E-state index contributed by atoms with van der Waals surface area (Å²) < 4.78 is 17.9. The zero-order valence-corrected chi connectivity index (χ0v) is 32.2. The van der Waals surface area contributed by atoms with E-state index in [4.69, 9.17) is 14.2 Å². The molecule has 5 aliphatic carbocycles. The van der Waals surface area contributed by atoms with E-state index in [9.17, 15) is 35.1 Å². The normalized spacial score (nSPS) is 47.3. The second kappa shape index (κ2) is 13.6. The molecule has 0 aromatic rings. The van der Waals surface area contributed by atoms with Crippen molar-refractivity contribution >= 4 is 11.7 Å². The fourth-order valence-corrected chi connectivity index (χ4v) is 13.8. The standard InChI is InChI=1S/C41H64N2O10/c1-37-13-8-23(52-19-7-18-51-4)20-27(37)28(45)21-26-25(37)9-14-38(2)29(10-15-41(26,38)50)39(3,49)34(46)31-24(22-44)30-32(53-31)35(47)42-33(36(48)43-16-17-43)40(30)11-5-6-12-40/h21,23-25,27,29-35,42,44,46-47,49-50H,5-20,22H2,1-4H3. The zero-order valence-electron chi connectivity index (χ0n) is 32.2. The predicted octanol–water partition coefficient (Wildman–Crippen LogP) is 2.08. The van der Waals surface area contributed by atoms with Crippen LogP contribution >= 0.6 is 0 Å². The highest BCUT2D eigenvalue weighted by molar-refractivity contribution is 5.95. The number of methoxy groups -OCH3 is 1. The molecule has 298 valence electrons. The van der Waals surface area contributed by atoms with Crippen LogP contribution < -0.4 is 5.32 Å². The molecule has 7 fully saturated rings. The van der Waals surface area contributed by atoms with Crippen molar-refractivity contribution in [3.05, 3.63) is 11.6 Å². The summed E-state index contributed by atoms with van der Waals surface area (Å²) in [6.45, 7) is 8.19. The van der Waals surface area contributed by atoms with E-state index in [1.54, 1.807) is 25.0 Å². The molecular formula is C41H64N2O10. The van der Waals surface area contributed by atoms with E-state index in [0.717, 1.165) is 56.9 Å². The molecule has 8 rings (SSSR count). The van der Waals surface area contributed by atoms with Crippen LogP contribution in [-0.4, -0.2) is 130 Å². The summed E-state index contributed by atoms with van der Waals surface area (Å²) in [5, 5.41) is 63.4. The van der Waals surface area contributed by atoms with Crippen molar-refractivity contribution in [2.24, 2.45) is 45.8 Å². The maximum atomic E-state index is 14.0. The van der Waals surface area contributed by atoms with Gasteiger partial charge in [-0.3, -0.25) is 14.9 Å². The molecule has 3 saturated heterocycles. The summed E-state index contributed by atoms with van der Waals surface area (Å²) in [6, 6.07) is -0.604. The number of nitrogens with zero attached hydrogens (tertiary/aromatic N) is 1. The molecule has 0 aromatic heterocycles. The van der Waals surface area contributed by atoms with E-state index in [1.165, 1.54) is 0 Å². The summed E-state index contributed by atoms with van der Waals surface area (Å²) in [5.41, 5.74) is -3.96. The second-order valence-electron chi connectivity index (χ2n) is 19.1. The smallest absolute Gasteiger partial charge is 0.240 e. The molecule has 0 bridgehead atoms. The molecule has 12 heteroatoms. The molecule has 53 heavy (non-hydrogen) atoms. The van der Waals surface area contributed by atoms with Gasteiger partial charge in [-0.05, 0) is 100 Å². The number of piperidine rings is 1. The number of amides is 1. The fourth-order valence-electron chi connectivity index (χ4n) is 13.8. The lowest BCUT2D eigenvalue weighted by Gasteiger charge is -2.60. The average Bonchev–Trinajstić information content (AvgIpc) is 3.61. The molecule has 3 aliphatic heterocycles. The van der Waals surface area contributed by atoms with Gasteiger partial charge in [0.1, 0.15) is 18.4 Å². The number of hydrogen-bond donors (Lipinski definition) is 6. The van der Waals surface area contributed by atoms with Gasteiger partial charge in [0.05, 0.1) is 29.5 Å². The highest BCUT2D eigenvalue weighted by Crippen LogP contribution is 2.69. The lowest BCUT2D eigenvalue weighted by atomic mass is 9.45. The van der Waals surface area contributed by atoms with Crippen molar-refractivity contribution in [1.82, 2.24) is 10.2 Å².